The SMILES string of the molecule is CCn1cc(NC2CCCc3sc(I)cc32)ccc1=O. The van der Waals surface area contributed by atoms with Crippen LogP contribution in [0.15, 0.2) is 29.2 Å². The van der Waals surface area contributed by atoms with Gasteiger partial charge in [-0.3, -0.25) is 4.79 Å². The van der Waals surface area contributed by atoms with Gasteiger partial charge in [-0.05, 0) is 66.5 Å². The lowest BCUT2D eigenvalue weighted by Crippen LogP contribution is -2.20. The number of thiophene rings is 1. The first-order chi connectivity index (χ1) is 9.67. The first kappa shape index (κ1) is 14.1. The van der Waals surface area contributed by atoms with Crippen molar-refractivity contribution in [2.24, 2.45) is 0 Å². The summed E-state index contributed by atoms with van der Waals surface area (Å²) in [4.78, 5) is 13.1. The second-order valence-corrected chi connectivity index (χ2v) is 8.09. The Labute approximate surface area is 136 Å². The highest BCUT2D eigenvalue weighted by atomic mass is 127. The zero-order valence-electron chi connectivity index (χ0n) is 11.4. The quantitative estimate of drug-likeness (QED) is 0.790. The zero-order valence-corrected chi connectivity index (χ0v) is 14.3. The molecule has 5 heteroatoms. The normalized spacial score (nSPS) is 17.8. The van der Waals surface area contributed by atoms with Crippen molar-refractivity contribution in [1.29, 1.82) is 0 Å². The highest BCUT2D eigenvalue weighted by Gasteiger charge is 2.22. The molecule has 1 unspecified atom stereocenters. The van der Waals surface area contributed by atoms with Gasteiger partial charge in [-0.15, -0.1) is 11.3 Å². The fourth-order valence-electron chi connectivity index (χ4n) is 2.74. The van der Waals surface area contributed by atoms with Crippen LogP contribution in [0.4, 0.5) is 5.69 Å². The molecule has 0 spiro atoms. The first-order valence-electron chi connectivity index (χ1n) is 6.92. The molecule has 3 nitrogen and oxygen atoms in total. The van der Waals surface area contributed by atoms with Crippen molar-refractivity contribution in [2.45, 2.75) is 38.8 Å². The van der Waals surface area contributed by atoms with Crippen LogP contribution in [-0.2, 0) is 13.0 Å². The van der Waals surface area contributed by atoms with Crippen molar-refractivity contribution in [2.75, 3.05) is 5.32 Å². The largest absolute Gasteiger partial charge is 0.377 e. The molecule has 0 fully saturated rings. The van der Waals surface area contributed by atoms with E-state index in [1.54, 1.807) is 10.6 Å². The summed E-state index contributed by atoms with van der Waals surface area (Å²) >= 11 is 4.31. The van der Waals surface area contributed by atoms with Gasteiger partial charge in [0.15, 0.2) is 0 Å². The molecule has 3 rings (SSSR count). The van der Waals surface area contributed by atoms with E-state index in [4.69, 9.17) is 0 Å². The van der Waals surface area contributed by atoms with Crippen LogP contribution >= 0.6 is 33.9 Å². The van der Waals surface area contributed by atoms with Gasteiger partial charge >= 0.3 is 0 Å². The number of nitrogens with zero attached hydrogens (tertiary/aromatic N) is 1. The standard InChI is InChI=1S/C15H17IN2OS/c1-2-18-9-10(6-7-15(18)19)17-12-4-3-5-13-11(12)8-14(16)20-13/h6-9,12,17H,2-5H2,1H3. The summed E-state index contributed by atoms with van der Waals surface area (Å²) in [5.74, 6) is 0. The van der Waals surface area contributed by atoms with Gasteiger partial charge in [-0.25, -0.2) is 0 Å². The molecular weight excluding hydrogens is 383 g/mol. The molecule has 1 atom stereocenters. The van der Waals surface area contributed by atoms with Crippen molar-refractivity contribution < 1.29 is 0 Å². The van der Waals surface area contributed by atoms with Crippen molar-refractivity contribution in [3.63, 3.8) is 0 Å². The zero-order chi connectivity index (χ0) is 14.1. The average Bonchev–Trinajstić information content (AvgIpc) is 2.82. The summed E-state index contributed by atoms with van der Waals surface area (Å²) in [6, 6.07) is 6.21. The highest BCUT2D eigenvalue weighted by molar-refractivity contribution is 14.1. The molecule has 2 aromatic rings. The highest BCUT2D eigenvalue weighted by Crippen LogP contribution is 2.37. The summed E-state index contributed by atoms with van der Waals surface area (Å²) in [6.07, 6.45) is 5.52. The fourth-order valence-corrected chi connectivity index (χ4v) is 4.86. The van der Waals surface area contributed by atoms with E-state index < -0.39 is 0 Å². The number of halogens is 1. The van der Waals surface area contributed by atoms with E-state index in [1.165, 1.54) is 26.2 Å². The number of anilines is 1. The first-order valence-corrected chi connectivity index (χ1v) is 8.82. The Hall–Kier alpha value is -0.820. The van der Waals surface area contributed by atoms with E-state index in [2.05, 4.69) is 34.0 Å². The van der Waals surface area contributed by atoms with Crippen LogP contribution in [0.5, 0.6) is 0 Å². The van der Waals surface area contributed by atoms with Crippen molar-refractivity contribution >= 4 is 39.6 Å². The number of rotatable bonds is 3. The molecule has 0 saturated heterocycles. The summed E-state index contributed by atoms with van der Waals surface area (Å²) in [5, 5.41) is 3.60. The Morgan fingerprint density at radius 2 is 2.35 bits per heavy atom. The molecule has 2 heterocycles. The lowest BCUT2D eigenvalue weighted by Gasteiger charge is -2.24. The third-order valence-corrected chi connectivity index (χ3v) is 5.72. The average molecular weight is 400 g/mol. The molecule has 0 saturated carbocycles. The van der Waals surface area contributed by atoms with Crippen LogP contribution in [0, 0.1) is 2.88 Å². The molecule has 0 amide bonds. The maximum atomic E-state index is 11.6. The molecule has 0 radical (unpaired) electrons. The molecule has 2 aromatic heterocycles. The van der Waals surface area contributed by atoms with Crippen LogP contribution in [0.2, 0.25) is 0 Å². The van der Waals surface area contributed by atoms with Gasteiger partial charge < -0.3 is 9.88 Å². The Morgan fingerprint density at radius 1 is 1.50 bits per heavy atom. The molecule has 106 valence electrons. The molecule has 1 aliphatic rings. The van der Waals surface area contributed by atoms with Crippen molar-refractivity contribution in [1.82, 2.24) is 4.57 Å². The van der Waals surface area contributed by atoms with Gasteiger partial charge in [0.25, 0.3) is 5.56 Å². The number of nitrogens with one attached hydrogen (secondary N) is 1. The maximum absolute atomic E-state index is 11.6. The summed E-state index contributed by atoms with van der Waals surface area (Å²) in [5.41, 5.74) is 2.54. The van der Waals surface area contributed by atoms with Crippen LogP contribution in [-0.4, -0.2) is 4.57 Å². The van der Waals surface area contributed by atoms with Gasteiger partial charge in [-0.1, -0.05) is 0 Å². The second-order valence-electron chi connectivity index (χ2n) is 5.06. The molecule has 0 aliphatic heterocycles. The Kier molecular flexibility index (Phi) is 4.16. The van der Waals surface area contributed by atoms with Crippen LogP contribution in [0.3, 0.4) is 0 Å². The van der Waals surface area contributed by atoms with Crippen LogP contribution in [0.1, 0.15) is 36.2 Å². The number of fused-ring (bicyclic) bond motifs is 1. The lowest BCUT2D eigenvalue weighted by molar-refractivity contribution is 0.607. The van der Waals surface area contributed by atoms with E-state index in [9.17, 15) is 4.79 Å². The molecule has 1 N–H and O–H groups in total. The Morgan fingerprint density at radius 3 is 3.15 bits per heavy atom. The maximum Gasteiger partial charge on any atom is 0.250 e. The van der Waals surface area contributed by atoms with Crippen LogP contribution < -0.4 is 10.9 Å². The number of aromatic nitrogens is 1. The third-order valence-electron chi connectivity index (χ3n) is 3.75. The third kappa shape index (κ3) is 2.79. The Balaban J connectivity index is 1.87. The smallest absolute Gasteiger partial charge is 0.250 e. The fraction of sp³-hybridized carbons (Fsp3) is 0.400. The lowest BCUT2D eigenvalue weighted by atomic mass is 9.94. The van der Waals surface area contributed by atoms with Crippen molar-refractivity contribution in [3.8, 4) is 0 Å². The minimum Gasteiger partial charge on any atom is -0.377 e. The minimum atomic E-state index is 0.0625. The number of pyridine rings is 1. The van der Waals surface area contributed by atoms with Crippen molar-refractivity contribution in [3.05, 3.63) is 48.1 Å². The van der Waals surface area contributed by atoms with Gasteiger partial charge in [-0.2, -0.15) is 0 Å². The predicted molar refractivity (Wildman–Crippen MR) is 92.7 cm³/mol. The molecule has 0 bridgehead atoms. The number of hydrogen-bond donors (Lipinski definition) is 1. The van der Waals surface area contributed by atoms with Gasteiger partial charge in [0.1, 0.15) is 0 Å². The molecular formula is C15H17IN2OS. The van der Waals surface area contributed by atoms with E-state index in [-0.39, 0.29) is 5.56 Å². The van der Waals surface area contributed by atoms with E-state index >= 15 is 0 Å². The van der Waals surface area contributed by atoms with E-state index in [1.807, 2.05) is 30.5 Å². The topological polar surface area (TPSA) is 34.0 Å². The van der Waals surface area contributed by atoms with E-state index in [0.717, 1.165) is 12.1 Å². The number of aryl methyl sites for hydroxylation is 2. The van der Waals surface area contributed by atoms with Gasteiger partial charge in [0, 0.05) is 23.7 Å². The van der Waals surface area contributed by atoms with Gasteiger partial charge in [0.2, 0.25) is 0 Å². The van der Waals surface area contributed by atoms with Crippen LogP contribution in [0.25, 0.3) is 0 Å². The summed E-state index contributed by atoms with van der Waals surface area (Å²) in [6.45, 7) is 2.70. The predicted octanol–water partition coefficient (Wildman–Crippen LogP) is 4.02. The molecule has 20 heavy (non-hydrogen) atoms. The molecule has 1 aliphatic carbocycles. The minimum absolute atomic E-state index is 0.0625. The second kappa shape index (κ2) is 5.89. The monoisotopic (exact) mass is 400 g/mol. The molecule has 0 aromatic carbocycles. The summed E-state index contributed by atoms with van der Waals surface area (Å²) in [7, 11) is 0. The number of hydrogen-bond acceptors (Lipinski definition) is 3. The Bertz CT molecular complexity index is 677. The van der Waals surface area contributed by atoms with E-state index in [0.29, 0.717) is 12.6 Å². The van der Waals surface area contributed by atoms with Gasteiger partial charge in [0.05, 0.1) is 14.6 Å². The summed E-state index contributed by atoms with van der Waals surface area (Å²) < 4.78 is 3.10.